The maximum atomic E-state index is 13.1. The third kappa shape index (κ3) is 4.66. The number of hydrogen-bond acceptors (Lipinski definition) is 7. The fourth-order valence-electron chi connectivity index (χ4n) is 4.38. The molecule has 3 amide bonds. The second-order valence-electron chi connectivity index (χ2n) is 8.75. The lowest BCUT2D eigenvalue weighted by Gasteiger charge is -2.30. The summed E-state index contributed by atoms with van der Waals surface area (Å²) in [4.78, 5) is 65.3. The number of amides is 3. The number of nitrogens with zero attached hydrogens (tertiary/aromatic N) is 2. The maximum absolute atomic E-state index is 13.1. The van der Waals surface area contributed by atoms with Gasteiger partial charge >= 0.3 is 11.9 Å². The van der Waals surface area contributed by atoms with Crippen molar-refractivity contribution in [3.05, 3.63) is 64.2 Å². The van der Waals surface area contributed by atoms with Crippen LogP contribution in [0.25, 0.3) is 0 Å². The van der Waals surface area contributed by atoms with E-state index in [1.54, 1.807) is 11.0 Å². The van der Waals surface area contributed by atoms with Crippen LogP contribution in [-0.4, -0.2) is 61.4 Å². The van der Waals surface area contributed by atoms with Crippen LogP contribution in [0.5, 0.6) is 0 Å². The number of rotatable bonds is 5. The van der Waals surface area contributed by atoms with Crippen LogP contribution in [0.1, 0.15) is 55.0 Å². The Labute approximate surface area is 202 Å². The smallest absolute Gasteiger partial charge is 0.338 e. The van der Waals surface area contributed by atoms with Crippen molar-refractivity contribution in [2.75, 3.05) is 31.7 Å². The molecule has 0 aliphatic carbocycles. The van der Waals surface area contributed by atoms with Gasteiger partial charge in [-0.2, -0.15) is 0 Å². The third-order valence-electron chi connectivity index (χ3n) is 6.44. The molecule has 9 nitrogen and oxygen atoms in total. The van der Waals surface area contributed by atoms with Crippen LogP contribution >= 0.6 is 0 Å². The molecule has 0 bridgehead atoms. The second kappa shape index (κ2) is 9.69. The van der Waals surface area contributed by atoms with Gasteiger partial charge in [0.2, 0.25) is 0 Å². The van der Waals surface area contributed by atoms with E-state index in [1.807, 2.05) is 26.0 Å². The SMILES string of the molecule is COC(=O)C1CCN(C(=O)COC(=O)c2ccc3c(c2)C(=O)N(c2cc(C)ccc2C)C3=O)CC1. The summed E-state index contributed by atoms with van der Waals surface area (Å²) in [7, 11) is 1.34. The number of carbonyl (C=O) groups excluding carboxylic acids is 5. The zero-order valence-corrected chi connectivity index (χ0v) is 19.8. The number of piperidine rings is 1. The Hall–Kier alpha value is -4.01. The number of likely N-dealkylation sites (tertiary alicyclic amines) is 1. The van der Waals surface area contributed by atoms with Crippen molar-refractivity contribution in [2.24, 2.45) is 5.92 Å². The molecule has 2 aromatic rings. The predicted octanol–water partition coefficient (Wildman–Crippen LogP) is 2.67. The highest BCUT2D eigenvalue weighted by Gasteiger charge is 2.38. The Kier molecular flexibility index (Phi) is 6.68. The van der Waals surface area contributed by atoms with Crippen LogP contribution in [0.3, 0.4) is 0 Å². The monoisotopic (exact) mass is 478 g/mol. The van der Waals surface area contributed by atoms with Crippen molar-refractivity contribution in [3.63, 3.8) is 0 Å². The minimum atomic E-state index is -0.768. The van der Waals surface area contributed by atoms with Crippen LogP contribution in [0, 0.1) is 19.8 Å². The highest BCUT2D eigenvalue weighted by Crippen LogP contribution is 2.32. The molecule has 1 fully saturated rings. The topological polar surface area (TPSA) is 110 Å². The molecule has 0 aromatic heterocycles. The average Bonchev–Trinajstić information content (AvgIpc) is 3.12. The van der Waals surface area contributed by atoms with Gasteiger partial charge in [0, 0.05) is 13.1 Å². The standard InChI is InChI=1S/C26H26N2O7/c1-15-4-5-16(2)21(12-15)28-23(30)19-7-6-18(13-20(19)24(28)31)26(33)35-14-22(29)27-10-8-17(9-11-27)25(32)34-3/h4-7,12-13,17H,8-11,14H2,1-3H3. The number of carbonyl (C=O) groups is 5. The lowest BCUT2D eigenvalue weighted by Crippen LogP contribution is -2.42. The molecule has 4 rings (SSSR count). The largest absolute Gasteiger partial charge is 0.469 e. The normalized spacial score (nSPS) is 15.7. The minimum absolute atomic E-state index is 0.0740. The molecule has 182 valence electrons. The minimum Gasteiger partial charge on any atom is -0.469 e. The first-order valence-electron chi connectivity index (χ1n) is 11.3. The van der Waals surface area contributed by atoms with E-state index in [9.17, 15) is 24.0 Å². The van der Waals surface area contributed by atoms with E-state index in [0.29, 0.717) is 31.6 Å². The zero-order chi connectivity index (χ0) is 25.3. The molecule has 0 unspecified atom stereocenters. The van der Waals surface area contributed by atoms with Crippen molar-refractivity contribution < 1.29 is 33.4 Å². The molecule has 0 N–H and O–H groups in total. The van der Waals surface area contributed by atoms with Crippen molar-refractivity contribution >= 4 is 35.3 Å². The number of methoxy groups -OCH3 is 1. The Morgan fingerprint density at radius 2 is 1.63 bits per heavy atom. The highest BCUT2D eigenvalue weighted by atomic mass is 16.5. The maximum Gasteiger partial charge on any atom is 0.338 e. The summed E-state index contributed by atoms with van der Waals surface area (Å²) in [5.74, 6) is -2.63. The molecular formula is C26H26N2O7. The van der Waals surface area contributed by atoms with Gasteiger partial charge in [-0.05, 0) is 62.1 Å². The van der Waals surface area contributed by atoms with Crippen molar-refractivity contribution in [1.29, 1.82) is 0 Å². The molecule has 0 saturated carbocycles. The fraction of sp³-hybridized carbons (Fsp3) is 0.346. The van der Waals surface area contributed by atoms with Gasteiger partial charge in [0.15, 0.2) is 6.61 Å². The van der Waals surface area contributed by atoms with E-state index >= 15 is 0 Å². The van der Waals surface area contributed by atoms with E-state index in [4.69, 9.17) is 9.47 Å². The Morgan fingerprint density at radius 3 is 2.31 bits per heavy atom. The van der Waals surface area contributed by atoms with Crippen LogP contribution in [0.2, 0.25) is 0 Å². The van der Waals surface area contributed by atoms with Gasteiger partial charge in [-0.3, -0.25) is 19.2 Å². The van der Waals surface area contributed by atoms with E-state index in [1.165, 1.54) is 25.3 Å². The van der Waals surface area contributed by atoms with Crippen LogP contribution in [0.4, 0.5) is 5.69 Å². The van der Waals surface area contributed by atoms with Crippen LogP contribution < -0.4 is 4.90 Å². The molecule has 9 heteroatoms. The molecule has 1 saturated heterocycles. The van der Waals surface area contributed by atoms with Crippen molar-refractivity contribution in [2.45, 2.75) is 26.7 Å². The number of benzene rings is 2. The summed E-state index contributed by atoms with van der Waals surface area (Å²) in [6.45, 7) is 3.98. The number of anilines is 1. The van der Waals surface area contributed by atoms with E-state index < -0.39 is 24.4 Å². The van der Waals surface area contributed by atoms with E-state index in [2.05, 4.69) is 0 Å². The molecule has 2 aromatic carbocycles. The lowest BCUT2D eigenvalue weighted by molar-refractivity contribution is -0.149. The number of aryl methyl sites for hydroxylation is 2. The summed E-state index contributed by atoms with van der Waals surface area (Å²) in [5.41, 5.74) is 2.58. The van der Waals surface area contributed by atoms with E-state index in [0.717, 1.165) is 16.0 Å². The first kappa shape index (κ1) is 24.1. The van der Waals surface area contributed by atoms with Gasteiger partial charge in [-0.1, -0.05) is 12.1 Å². The highest BCUT2D eigenvalue weighted by molar-refractivity contribution is 6.35. The summed E-state index contributed by atoms with van der Waals surface area (Å²) in [6.07, 6.45) is 0.981. The van der Waals surface area contributed by atoms with Gasteiger partial charge in [0.05, 0.1) is 35.4 Å². The molecule has 0 radical (unpaired) electrons. The molecule has 0 atom stereocenters. The molecular weight excluding hydrogens is 452 g/mol. The van der Waals surface area contributed by atoms with Crippen molar-refractivity contribution in [1.82, 2.24) is 4.90 Å². The Bertz CT molecular complexity index is 1230. The summed E-state index contributed by atoms with van der Waals surface area (Å²) in [5, 5.41) is 0. The average molecular weight is 479 g/mol. The van der Waals surface area contributed by atoms with Gasteiger partial charge in [0.25, 0.3) is 17.7 Å². The first-order valence-corrected chi connectivity index (χ1v) is 11.3. The number of imide groups is 1. The van der Waals surface area contributed by atoms with Gasteiger partial charge < -0.3 is 14.4 Å². The second-order valence-corrected chi connectivity index (χ2v) is 8.75. The fourth-order valence-corrected chi connectivity index (χ4v) is 4.38. The molecule has 2 heterocycles. The molecule has 35 heavy (non-hydrogen) atoms. The number of ether oxygens (including phenoxy) is 2. The van der Waals surface area contributed by atoms with Gasteiger partial charge in [0.1, 0.15) is 0 Å². The third-order valence-corrected chi connectivity index (χ3v) is 6.44. The summed E-state index contributed by atoms with van der Waals surface area (Å²) in [6, 6.07) is 9.67. The molecule has 0 spiro atoms. The Balaban J connectivity index is 1.41. The lowest BCUT2D eigenvalue weighted by atomic mass is 9.97. The van der Waals surface area contributed by atoms with Gasteiger partial charge in [-0.25, -0.2) is 9.69 Å². The number of esters is 2. The Morgan fingerprint density at radius 1 is 0.943 bits per heavy atom. The van der Waals surface area contributed by atoms with Gasteiger partial charge in [-0.15, -0.1) is 0 Å². The van der Waals surface area contributed by atoms with Crippen molar-refractivity contribution in [3.8, 4) is 0 Å². The summed E-state index contributed by atoms with van der Waals surface area (Å²) >= 11 is 0. The predicted molar refractivity (Wildman–Crippen MR) is 125 cm³/mol. The zero-order valence-electron chi connectivity index (χ0n) is 19.8. The number of hydrogen-bond donors (Lipinski definition) is 0. The quantitative estimate of drug-likeness (QED) is 0.480. The van der Waals surface area contributed by atoms with Crippen LogP contribution in [0.15, 0.2) is 36.4 Å². The first-order chi connectivity index (χ1) is 16.7. The van der Waals surface area contributed by atoms with E-state index in [-0.39, 0.29) is 34.5 Å². The van der Waals surface area contributed by atoms with Crippen LogP contribution in [-0.2, 0) is 19.1 Å². The molecule has 2 aliphatic rings. The number of fused-ring (bicyclic) bond motifs is 1. The summed E-state index contributed by atoms with van der Waals surface area (Å²) < 4.78 is 9.92. The molecule has 2 aliphatic heterocycles.